The molecule has 0 amide bonds. The second kappa shape index (κ2) is 11.1. The van der Waals surface area contributed by atoms with Gasteiger partial charge in [-0.15, -0.1) is 24.0 Å². The van der Waals surface area contributed by atoms with E-state index in [4.69, 9.17) is 0 Å². The van der Waals surface area contributed by atoms with Gasteiger partial charge in [0.25, 0.3) is 0 Å². The smallest absolute Gasteiger partial charge is 0.191 e. The zero-order valence-corrected chi connectivity index (χ0v) is 19.3. The molecule has 28 heavy (non-hydrogen) atoms. The second-order valence-electron chi connectivity index (χ2n) is 7.10. The molecule has 2 aromatic rings. The molecule has 0 radical (unpaired) electrons. The van der Waals surface area contributed by atoms with Crippen LogP contribution >= 0.6 is 24.0 Å². The Bertz CT molecular complexity index is 763. The van der Waals surface area contributed by atoms with E-state index in [0.717, 1.165) is 25.6 Å². The summed E-state index contributed by atoms with van der Waals surface area (Å²) < 4.78 is 0. The van der Waals surface area contributed by atoms with Crippen LogP contribution in [0.25, 0.3) is 0 Å². The number of benzene rings is 2. The summed E-state index contributed by atoms with van der Waals surface area (Å²) in [5, 5.41) is 6.94. The third kappa shape index (κ3) is 5.99. The molecule has 1 aliphatic rings. The van der Waals surface area contributed by atoms with Crippen LogP contribution in [-0.2, 0) is 6.54 Å². The van der Waals surface area contributed by atoms with Crippen LogP contribution < -0.4 is 15.5 Å². The summed E-state index contributed by atoms with van der Waals surface area (Å²) in [6.07, 6.45) is 4.42. The predicted octanol–water partition coefficient (Wildman–Crippen LogP) is 4.54. The molecule has 0 aliphatic carbocycles. The lowest BCUT2D eigenvalue weighted by atomic mass is 9.94. The van der Waals surface area contributed by atoms with Crippen LogP contribution in [-0.4, -0.2) is 32.1 Å². The fourth-order valence-corrected chi connectivity index (χ4v) is 3.28. The third-order valence-corrected chi connectivity index (χ3v) is 5.24. The number of aliphatic imine (C=N–C) groups is 1. The maximum atomic E-state index is 4.38. The maximum absolute atomic E-state index is 4.38. The van der Waals surface area contributed by atoms with Crippen molar-refractivity contribution < 1.29 is 0 Å². The van der Waals surface area contributed by atoms with Gasteiger partial charge in [-0.1, -0.05) is 61.5 Å². The van der Waals surface area contributed by atoms with Crippen molar-refractivity contribution >= 4 is 35.6 Å². The maximum Gasteiger partial charge on any atom is 0.191 e. The largest absolute Gasteiger partial charge is 0.364 e. The number of nitrogens with one attached hydrogen (secondary N) is 2. The molecule has 0 fully saturated rings. The zero-order valence-electron chi connectivity index (χ0n) is 16.9. The minimum Gasteiger partial charge on any atom is -0.364 e. The van der Waals surface area contributed by atoms with Crippen LogP contribution in [0.5, 0.6) is 0 Å². The molecule has 2 aromatic carbocycles. The number of guanidine groups is 1. The summed E-state index contributed by atoms with van der Waals surface area (Å²) in [5.74, 6) is 1.23. The Morgan fingerprint density at radius 2 is 1.64 bits per heavy atom. The van der Waals surface area contributed by atoms with Gasteiger partial charge in [0, 0.05) is 44.3 Å². The van der Waals surface area contributed by atoms with E-state index in [2.05, 4.69) is 101 Å². The molecule has 1 aliphatic heterocycles. The monoisotopic (exact) mass is 490 g/mol. The van der Waals surface area contributed by atoms with E-state index >= 15 is 0 Å². The molecule has 0 aromatic heterocycles. The van der Waals surface area contributed by atoms with Crippen molar-refractivity contribution in [1.82, 2.24) is 10.6 Å². The highest BCUT2D eigenvalue weighted by Crippen LogP contribution is 2.19. The quantitative estimate of drug-likeness (QED) is 0.271. The van der Waals surface area contributed by atoms with Gasteiger partial charge in [0.15, 0.2) is 5.96 Å². The van der Waals surface area contributed by atoms with Crippen molar-refractivity contribution in [2.75, 3.05) is 25.0 Å². The first-order chi connectivity index (χ1) is 13.2. The molecule has 0 bridgehead atoms. The van der Waals surface area contributed by atoms with Crippen molar-refractivity contribution in [1.29, 1.82) is 0 Å². The van der Waals surface area contributed by atoms with Gasteiger partial charge in [-0.05, 0) is 30.2 Å². The predicted molar refractivity (Wildman–Crippen MR) is 131 cm³/mol. The minimum atomic E-state index is 0. The summed E-state index contributed by atoms with van der Waals surface area (Å²) in [6.45, 7) is 7.21. The topological polar surface area (TPSA) is 39.7 Å². The summed E-state index contributed by atoms with van der Waals surface area (Å²) >= 11 is 0. The molecule has 0 spiro atoms. The number of hydrogen-bond donors (Lipinski definition) is 2. The van der Waals surface area contributed by atoms with Crippen LogP contribution in [0.1, 0.15) is 30.9 Å². The Morgan fingerprint density at radius 3 is 2.25 bits per heavy atom. The van der Waals surface area contributed by atoms with Gasteiger partial charge >= 0.3 is 0 Å². The first-order valence-electron chi connectivity index (χ1n) is 9.68. The molecule has 0 saturated heterocycles. The van der Waals surface area contributed by atoms with E-state index in [0.29, 0.717) is 5.92 Å². The van der Waals surface area contributed by atoms with Crippen molar-refractivity contribution in [3.63, 3.8) is 0 Å². The molecule has 3 rings (SSSR count). The highest BCUT2D eigenvalue weighted by atomic mass is 127. The molecule has 4 nitrogen and oxygen atoms in total. The lowest BCUT2D eigenvalue weighted by Gasteiger charge is -2.24. The van der Waals surface area contributed by atoms with Gasteiger partial charge in [-0.2, -0.15) is 0 Å². The summed E-state index contributed by atoms with van der Waals surface area (Å²) in [4.78, 5) is 6.73. The van der Waals surface area contributed by atoms with Crippen LogP contribution in [0.15, 0.2) is 71.7 Å². The fourth-order valence-electron chi connectivity index (χ4n) is 3.28. The average molecular weight is 490 g/mol. The van der Waals surface area contributed by atoms with Crippen molar-refractivity contribution in [2.45, 2.75) is 32.4 Å². The Balaban J connectivity index is 0.00000280. The molecule has 5 heteroatoms. The van der Waals surface area contributed by atoms with Crippen LogP contribution in [0.2, 0.25) is 0 Å². The van der Waals surface area contributed by atoms with E-state index < -0.39 is 0 Å². The SMILES string of the molecule is CN=C(NCc1ccc(N2CC=CC2)cc1)NC(C)C(C)c1ccccc1.I. The minimum absolute atomic E-state index is 0. The third-order valence-electron chi connectivity index (χ3n) is 5.24. The second-order valence-corrected chi connectivity index (χ2v) is 7.10. The first kappa shape index (κ1) is 22.3. The lowest BCUT2D eigenvalue weighted by Crippen LogP contribution is -2.43. The van der Waals surface area contributed by atoms with E-state index in [1.807, 2.05) is 7.05 Å². The molecule has 2 atom stereocenters. The summed E-state index contributed by atoms with van der Waals surface area (Å²) in [5.41, 5.74) is 3.86. The Morgan fingerprint density at radius 1 is 1.00 bits per heavy atom. The molecule has 2 unspecified atom stereocenters. The van der Waals surface area contributed by atoms with Gasteiger partial charge in [-0.3, -0.25) is 4.99 Å². The number of halogens is 1. The number of hydrogen-bond acceptors (Lipinski definition) is 2. The first-order valence-corrected chi connectivity index (χ1v) is 9.68. The highest BCUT2D eigenvalue weighted by molar-refractivity contribution is 14.0. The van der Waals surface area contributed by atoms with Gasteiger partial charge in [0.2, 0.25) is 0 Å². The van der Waals surface area contributed by atoms with E-state index in [9.17, 15) is 0 Å². The molecule has 0 saturated carbocycles. The molecular weight excluding hydrogens is 459 g/mol. The molecule has 2 N–H and O–H groups in total. The average Bonchev–Trinajstić information content (AvgIpc) is 3.26. The lowest BCUT2D eigenvalue weighted by molar-refractivity contribution is 0.550. The van der Waals surface area contributed by atoms with Gasteiger partial charge in [-0.25, -0.2) is 0 Å². The fraction of sp³-hybridized carbons (Fsp3) is 0.348. The highest BCUT2D eigenvalue weighted by Gasteiger charge is 2.15. The zero-order chi connectivity index (χ0) is 19.1. The summed E-state index contributed by atoms with van der Waals surface area (Å²) in [6, 6.07) is 19.6. The Kier molecular flexibility index (Phi) is 8.83. The number of rotatable bonds is 6. The molecule has 150 valence electrons. The number of nitrogens with zero attached hydrogens (tertiary/aromatic N) is 2. The van der Waals surface area contributed by atoms with Crippen molar-refractivity contribution in [2.24, 2.45) is 4.99 Å². The molecular formula is C23H31IN4. The van der Waals surface area contributed by atoms with Crippen molar-refractivity contribution in [3.8, 4) is 0 Å². The standard InChI is InChI=1S/C23H30N4.HI/c1-18(21-9-5-4-6-10-21)19(2)26-23(24-3)25-17-20-11-13-22(14-12-20)27-15-7-8-16-27;/h4-14,18-19H,15-17H2,1-3H3,(H2,24,25,26);1H. The van der Waals surface area contributed by atoms with Crippen LogP contribution in [0, 0.1) is 0 Å². The number of anilines is 1. The normalized spacial score (nSPS) is 15.7. The van der Waals surface area contributed by atoms with Crippen LogP contribution in [0.4, 0.5) is 5.69 Å². The van der Waals surface area contributed by atoms with Gasteiger partial charge < -0.3 is 15.5 Å². The Labute approximate surface area is 186 Å². The summed E-state index contributed by atoms with van der Waals surface area (Å²) in [7, 11) is 1.82. The van der Waals surface area contributed by atoms with Gasteiger partial charge in [0.05, 0.1) is 0 Å². The van der Waals surface area contributed by atoms with Gasteiger partial charge in [0.1, 0.15) is 0 Å². The van der Waals surface area contributed by atoms with E-state index in [-0.39, 0.29) is 30.0 Å². The van der Waals surface area contributed by atoms with Crippen molar-refractivity contribution in [3.05, 3.63) is 77.9 Å². The van der Waals surface area contributed by atoms with E-state index in [1.54, 1.807) is 0 Å². The Hall–Kier alpha value is -2.02. The van der Waals surface area contributed by atoms with Crippen LogP contribution in [0.3, 0.4) is 0 Å². The van der Waals surface area contributed by atoms with E-state index in [1.165, 1.54) is 16.8 Å². The molecule has 1 heterocycles.